The summed E-state index contributed by atoms with van der Waals surface area (Å²) < 4.78 is 0. The highest BCUT2D eigenvalue weighted by Crippen LogP contribution is 2.36. The number of rotatable bonds is 1. The van der Waals surface area contributed by atoms with Crippen molar-refractivity contribution in [3.63, 3.8) is 0 Å². The quantitative estimate of drug-likeness (QED) is 0.691. The van der Waals surface area contributed by atoms with E-state index in [1.165, 1.54) is 0 Å². The van der Waals surface area contributed by atoms with Gasteiger partial charge in [-0.05, 0) is 35.6 Å². The van der Waals surface area contributed by atoms with E-state index >= 15 is 0 Å². The molecule has 0 bridgehead atoms. The minimum atomic E-state index is -0.946. The zero-order valence-electron chi connectivity index (χ0n) is 7.09. The zero-order valence-corrected chi connectivity index (χ0v) is 7.84. The summed E-state index contributed by atoms with van der Waals surface area (Å²) in [5.41, 5.74) is 7.01. The average Bonchev–Trinajstić information content (AvgIpc) is 2.47. The van der Waals surface area contributed by atoms with Gasteiger partial charge in [0.1, 0.15) is 5.54 Å². The van der Waals surface area contributed by atoms with Crippen LogP contribution >= 0.6 is 11.6 Å². The van der Waals surface area contributed by atoms with Gasteiger partial charge in [0.25, 0.3) is 0 Å². The third-order valence-corrected chi connectivity index (χ3v) is 2.97. The van der Waals surface area contributed by atoms with Crippen molar-refractivity contribution < 1.29 is 4.79 Å². The number of halogens is 1. The minimum absolute atomic E-state index is 0.461. The Balaban J connectivity index is 2.55. The van der Waals surface area contributed by atoms with Crippen molar-refractivity contribution in [2.24, 2.45) is 5.73 Å². The highest BCUT2D eigenvalue weighted by atomic mass is 35.5. The van der Waals surface area contributed by atoms with E-state index in [4.69, 9.17) is 17.3 Å². The van der Waals surface area contributed by atoms with Crippen molar-refractivity contribution in [3.8, 4) is 0 Å². The maximum absolute atomic E-state index is 11.2. The largest absolute Gasteiger partial charge is 0.314 e. The third kappa shape index (κ3) is 1.18. The van der Waals surface area contributed by atoms with Gasteiger partial charge in [-0.25, -0.2) is 0 Å². The summed E-state index contributed by atoms with van der Waals surface area (Å²) in [6.45, 7) is 0. The molecule has 0 saturated heterocycles. The van der Waals surface area contributed by atoms with E-state index in [0.29, 0.717) is 6.42 Å². The van der Waals surface area contributed by atoms with Gasteiger partial charge >= 0.3 is 0 Å². The van der Waals surface area contributed by atoms with E-state index in [1.807, 2.05) is 24.3 Å². The number of carbonyl (C=O) groups is 1. The second-order valence-corrected chi connectivity index (χ2v) is 3.75. The first kappa shape index (κ1) is 8.73. The molecule has 2 N–H and O–H groups in total. The Kier molecular flexibility index (Phi) is 1.90. The number of hydrogen-bond acceptors (Lipinski definition) is 2. The molecule has 0 amide bonds. The van der Waals surface area contributed by atoms with Crippen LogP contribution in [0.25, 0.3) is 0 Å². The lowest BCUT2D eigenvalue weighted by atomic mass is 9.95. The van der Waals surface area contributed by atoms with E-state index in [1.54, 1.807) is 0 Å². The highest BCUT2D eigenvalue weighted by Gasteiger charge is 2.40. The molecule has 1 aliphatic carbocycles. The van der Waals surface area contributed by atoms with Crippen LogP contribution in [0.3, 0.4) is 0 Å². The topological polar surface area (TPSA) is 43.1 Å². The summed E-state index contributed by atoms with van der Waals surface area (Å²) in [4.78, 5) is 11.2. The van der Waals surface area contributed by atoms with Crippen molar-refractivity contribution in [2.75, 3.05) is 0 Å². The van der Waals surface area contributed by atoms with Crippen LogP contribution in [0, 0.1) is 0 Å². The summed E-state index contributed by atoms with van der Waals surface area (Å²) in [6, 6.07) is 7.70. The molecule has 2 rings (SSSR count). The molecule has 1 aromatic rings. The first-order valence-electron chi connectivity index (χ1n) is 4.22. The molecular formula is C10H10ClNO. The molecule has 13 heavy (non-hydrogen) atoms. The number of benzene rings is 1. The highest BCUT2D eigenvalue weighted by molar-refractivity contribution is 6.65. The summed E-state index contributed by atoms with van der Waals surface area (Å²) in [7, 11) is 0. The van der Waals surface area contributed by atoms with Gasteiger partial charge in [0.05, 0.1) is 0 Å². The van der Waals surface area contributed by atoms with Crippen LogP contribution in [0.2, 0.25) is 0 Å². The number of fused-ring (bicyclic) bond motifs is 1. The maximum Gasteiger partial charge on any atom is 0.246 e. The number of carbonyl (C=O) groups excluding carboxylic acids is 1. The molecule has 2 nitrogen and oxygen atoms in total. The number of aryl methyl sites for hydroxylation is 1. The Labute approximate surface area is 81.7 Å². The molecule has 68 valence electrons. The fraction of sp³-hybridized carbons (Fsp3) is 0.300. The van der Waals surface area contributed by atoms with E-state index < -0.39 is 10.8 Å². The lowest BCUT2D eigenvalue weighted by Crippen LogP contribution is -2.40. The molecule has 1 aliphatic rings. The molecule has 0 saturated carbocycles. The van der Waals surface area contributed by atoms with Gasteiger partial charge in [0, 0.05) is 0 Å². The molecule has 0 heterocycles. The molecule has 0 spiro atoms. The Morgan fingerprint density at radius 1 is 1.46 bits per heavy atom. The van der Waals surface area contributed by atoms with Crippen molar-refractivity contribution in [2.45, 2.75) is 18.4 Å². The zero-order chi connectivity index (χ0) is 9.47. The lowest BCUT2D eigenvalue weighted by molar-refractivity contribution is -0.116. The predicted octanol–water partition coefficient (Wildman–Crippen LogP) is 1.55. The van der Waals surface area contributed by atoms with Crippen LogP contribution in [-0.4, -0.2) is 5.24 Å². The van der Waals surface area contributed by atoms with Crippen molar-refractivity contribution in [1.29, 1.82) is 0 Å². The standard InChI is InChI=1S/C10H10ClNO/c11-9(13)10(12)6-5-7-3-1-2-4-8(7)10/h1-4H,5-6,12H2. The molecule has 0 aliphatic heterocycles. The Morgan fingerprint density at radius 2 is 2.15 bits per heavy atom. The first-order chi connectivity index (χ1) is 6.14. The first-order valence-corrected chi connectivity index (χ1v) is 4.59. The predicted molar refractivity (Wildman–Crippen MR) is 51.5 cm³/mol. The van der Waals surface area contributed by atoms with Gasteiger partial charge in [-0.3, -0.25) is 4.79 Å². The van der Waals surface area contributed by atoms with Crippen LogP contribution in [-0.2, 0) is 16.8 Å². The molecule has 0 fully saturated rings. The summed E-state index contributed by atoms with van der Waals surface area (Å²) in [5.74, 6) is 0. The SMILES string of the molecule is NC1(C(=O)Cl)CCc2ccccc21. The smallest absolute Gasteiger partial charge is 0.246 e. The Morgan fingerprint density at radius 3 is 2.85 bits per heavy atom. The number of hydrogen-bond donors (Lipinski definition) is 1. The monoisotopic (exact) mass is 195 g/mol. The minimum Gasteiger partial charge on any atom is -0.314 e. The Hall–Kier alpha value is -0.860. The average molecular weight is 196 g/mol. The summed E-state index contributed by atoms with van der Waals surface area (Å²) in [6.07, 6.45) is 1.46. The number of nitrogens with two attached hydrogens (primary N) is 1. The molecule has 0 radical (unpaired) electrons. The molecule has 0 aromatic heterocycles. The second kappa shape index (κ2) is 2.82. The normalized spacial score (nSPS) is 25.7. The van der Waals surface area contributed by atoms with Crippen LogP contribution < -0.4 is 5.73 Å². The Bertz CT molecular complexity index is 364. The van der Waals surface area contributed by atoms with E-state index in [-0.39, 0.29) is 0 Å². The summed E-state index contributed by atoms with van der Waals surface area (Å²) >= 11 is 5.49. The molecular weight excluding hydrogens is 186 g/mol. The van der Waals surface area contributed by atoms with Gasteiger partial charge in [-0.1, -0.05) is 24.3 Å². The van der Waals surface area contributed by atoms with E-state index in [0.717, 1.165) is 17.5 Å². The van der Waals surface area contributed by atoms with Crippen LogP contribution in [0.1, 0.15) is 17.5 Å². The fourth-order valence-electron chi connectivity index (χ4n) is 1.84. The lowest BCUT2D eigenvalue weighted by Gasteiger charge is -2.19. The maximum atomic E-state index is 11.2. The molecule has 1 aromatic carbocycles. The van der Waals surface area contributed by atoms with Crippen LogP contribution in [0.5, 0.6) is 0 Å². The van der Waals surface area contributed by atoms with Gasteiger partial charge in [0.15, 0.2) is 0 Å². The third-order valence-electron chi connectivity index (χ3n) is 2.64. The van der Waals surface area contributed by atoms with Gasteiger partial charge in [-0.15, -0.1) is 0 Å². The van der Waals surface area contributed by atoms with Gasteiger partial charge in [-0.2, -0.15) is 0 Å². The van der Waals surface area contributed by atoms with E-state index in [2.05, 4.69) is 0 Å². The molecule has 1 atom stereocenters. The van der Waals surface area contributed by atoms with Crippen LogP contribution in [0.15, 0.2) is 24.3 Å². The molecule has 1 unspecified atom stereocenters. The fourth-order valence-corrected chi connectivity index (χ4v) is 2.04. The summed E-state index contributed by atoms with van der Waals surface area (Å²) in [5, 5.41) is -0.461. The van der Waals surface area contributed by atoms with Crippen molar-refractivity contribution >= 4 is 16.8 Å². The van der Waals surface area contributed by atoms with E-state index in [9.17, 15) is 4.79 Å². The van der Waals surface area contributed by atoms with Crippen LogP contribution in [0.4, 0.5) is 0 Å². The second-order valence-electron chi connectivity index (χ2n) is 3.40. The van der Waals surface area contributed by atoms with Gasteiger partial charge in [0.2, 0.25) is 5.24 Å². The van der Waals surface area contributed by atoms with Gasteiger partial charge < -0.3 is 5.73 Å². The van der Waals surface area contributed by atoms with Crippen molar-refractivity contribution in [1.82, 2.24) is 0 Å². The van der Waals surface area contributed by atoms with Crippen molar-refractivity contribution in [3.05, 3.63) is 35.4 Å². The molecule has 3 heteroatoms.